The van der Waals surface area contributed by atoms with E-state index in [2.05, 4.69) is 193 Å². The minimum Gasteiger partial charge on any atom is -0.455 e. The Morgan fingerprint density at radius 2 is 0.839 bits per heavy atom. The Labute approximate surface area is 321 Å². The predicted octanol–water partition coefficient (Wildman–Crippen LogP) is 15.2. The molecule has 0 aliphatic heterocycles. The smallest absolute Gasteiger partial charge is 0.143 e. The lowest BCUT2D eigenvalue weighted by Gasteiger charge is -2.18. The number of nitrogens with zero attached hydrogens (tertiary/aromatic N) is 1. The van der Waals surface area contributed by atoms with Gasteiger partial charge >= 0.3 is 0 Å². The van der Waals surface area contributed by atoms with Gasteiger partial charge in [0.25, 0.3) is 0 Å². The number of benzene rings is 11. The third-order valence-corrected chi connectivity index (χ3v) is 12.3. The normalized spacial score (nSPS) is 12.3. The molecule has 0 fully saturated rings. The lowest BCUT2D eigenvalue weighted by atomic mass is 9.85. The number of aromatic nitrogens is 1. The molecule has 0 saturated heterocycles. The number of furan rings is 1. The van der Waals surface area contributed by atoms with Crippen LogP contribution in [0.1, 0.15) is 0 Å². The zero-order valence-corrected chi connectivity index (χ0v) is 30.3. The quantitative estimate of drug-likeness (QED) is 0.132. The van der Waals surface area contributed by atoms with Crippen LogP contribution < -0.4 is 0 Å². The molecule has 2 heteroatoms. The maximum absolute atomic E-state index is 6.81. The second-order valence-corrected chi connectivity index (χ2v) is 15.2. The average molecular weight is 710 g/mol. The molecule has 2 aromatic heterocycles. The molecule has 0 unspecified atom stereocenters. The first-order valence-corrected chi connectivity index (χ1v) is 19.3. The van der Waals surface area contributed by atoms with Crippen LogP contribution in [0.4, 0.5) is 0 Å². The maximum Gasteiger partial charge on any atom is 0.143 e. The first-order chi connectivity index (χ1) is 27.8. The fourth-order valence-electron chi connectivity index (χ4n) is 10.00. The summed E-state index contributed by atoms with van der Waals surface area (Å²) in [5, 5.41) is 17.3. The Morgan fingerprint density at radius 3 is 1.52 bits per heavy atom. The van der Waals surface area contributed by atoms with Crippen LogP contribution >= 0.6 is 0 Å². The van der Waals surface area contributed by atoms with E-state index in [1.165, 1.54) is 109 Å². The molecular weight excluding hydrogens is 679 g/mol. The van der Waals surface area contributed by atoms with Crippen molar-refractivity contribution in [1.82, 2.24) is 4.57 Å². The summed E-state index contributed by atoms with van der Waals surface area (Å²) in [4.78, 5) is 0. The Bertz CT molecular complexity index is 3700. The monoisotopic (exact) mass is 709 g/mol. The van der Waals surface area contributed by atoms with E-state index in [0.717, 1.165) is 16.6 Å². The third kappa shape index (κ3) is 3.95. The van der Waals surface area contributed by atoms with Gasteiger partial charge in [-0.05, 0) is 108 Å². The Morgan fingerprint density at radius 1 is 0.321 bits per heavy atom. The van der Waals surface area contributed by atoms with Gasteiger partial charge in [-0.3, -0.25) is 0 Å². The Hall–Kier alpha value is -7.42. The molecule has 0 atom stereocenters. The van der Waals surface area contributed by atoms with E-state index in [1.807, 2.05) is 0 Å². The van der Waals surface area contributed by atoms with E-state index in [-0.39, 0.29) is 0 Å². The minimum absolute atomic E-state index is 0.911. The minimum atomic E-state index is 0.911. The highest BCUT2D eigenvalue weighted by atomic mass is 16.3. The number of rotatable bonds is 3. The van der Waals surface area contributed by atoms with Crippen molar-refractivity contribution >= 4 is 97.6 Å². The number of hydrogen-bond acceptors (Lipinski definition) is 1. The van der Waals surface area contributed by atoms with Crippen molar-refractivity contribution in [3.8, 4) is 27.9 Å². The molecule has 2 heterocycles. The summed E-state index contributed by atoms with van der Waals surface area (Å²) in [7, 11) is 0. The summed E-state index contributed by atoms with van der Waals surface area (Å²) in [6.07, 6.45) is 0. The van der Waals surface area contributed by atoms with Gasteiger partial charge in [-0.15, -0.1) is 0 Å². The molecule has 0 aliphatic carbocycles. The van der Waals surface area contributed by atoms with E-state index in [4.69, 9.17) is 4.42 Å². The van der Waals surface area contributed by atoms with Gasteiger partial charge in [0.1, 0.15) is 11.2 Å². The predicted molar refractivity (Wildman–Crippen MR) is 238 cm³/mol. The Balaban J connectivity index is 1.09. The highest BCUT2D eigenvalue weighted by molar-refractivity contribution is 6.37. The van der Waals surface area contributed by atoms with Crippen LogP contribution in [0.3, 0.4) is 0 Å². The molecule has 56 heavy (non-hydrogen) atoms. The molecule has 0 spiro atoms. The molecule has 0 saturated carbocycles. The fraction of sp³-hybridized carbons (Fsp3) is 0. The van der Waals surface area contributed by atoms with E-state index in [0.29, 0.717) is 0 Å². The molecule has 0 amide bonds. The van der Waals surface area contributed by atoms with Gasteiger partial charge in [0.2, 0.25) is 0 Å². The molecular formula is C54H31NO. The van der Waals surface area contributed by atoms with Gasteiger partial charge in [-0.2, -0.15) is 0 Å². The number of para-hydroxylation sites is 2. The van der Waals surface area contributed by atoms with Crippen molar-refractivity contribution in [1.29, 1.82) is 0 Å². The highest BCUT2D eigenvalue weighted by Crippen LogP contribution is 2.48. The summed E-state index contributed by atoms with van der Waals surface area (Å²) in [6, 6.07) is 69.0. The molecule has 0 radical (unpaired) electrons. The summed E-state index contributed by atoms with van der Waals surface area (Å²) in [6.45, 7) is 0. The zero-order chi connectivity index (χ0) is 36.5. The summed E-state index contributed by atoms with van der Waals surface area (Å²) in [5.74, 6) is 0. The van der Waals surface area contributed by atoms with Crippen molar-refractivity contribution < 1.29 is 4.42 Å². The van der Waals surface area contributed by atoms with Crippen molar-refractivity contribution in [2.45, 2.75) is 0 Å². The van der Waals surface area contributed by atoms with Crippen molar-refractivity contribution in [3.63, 3.8) is 0 Å². The number of fused-ring (bicyclic) bond motifs is 10. The molecule has 13 aromatic rings. The summed E-state index contributed by atoms with van der Waals surface area (Å²) >= 11 is 0. The van der Waals surface area contributed by atoms with Crippen LogP contribution in [0.2, 0.25) is 0 Å². The van der Waals surface area contributed by atoms with Gasteiger partial charge in [0, 0.05) is 38.0 Å². The van der Waals surface area contributed by atoms with Gasteiger partial charge in [-0.25, -0.2) is 0 Å². The van der Waals surface area contributed by atoms with E-state index >= 15 is 0 Å². The standard InChI is InChI=1S/C54H31NO/c1-2-14-36(15-3-1)55-46-23-9-8-16-37(46)44-30-34(26-28-47(44)55)49-38-17-4-6-19-40(38)50(41-20-7-5-18-39(41)49)35-27-29-48-45(31-35)53-42-21-10-12-32-24-25-33-13-11-22-43(54(53)56-48)52(33)51(32)42/h1-31H. The van der Waals surface area contributed by atoms with Gasteiger partial charge in [-0.1, -0.05) is 146 Å². The van der Waals surface area contributed by atoms with Crippen LogP contribution in [-0.4, -0.2) is 4.57 Å². The SMILES string of the molecule is c1ccc(-n2c3ccccc3c3cc(-c4c5ccccc5c(-c5ccc6oc7c8cccc9ccc%10cccc(c7c6c5)c%10c98)c5ccccc45)ccc32)cc1. The summed E-state index contributed by atoms with van der Waals surface area (Å²) in [5.41, 5.74) is 10.4. The third-order valence-electron chi connectivity index (χ3n) is 12.3. The molecule has 0 N–H and O–H groups in total. The molecule has 0 bridgehead atoms. The first kappa shape index (κ1) is 30.0. The molecule has 0 aliphatic rings. The van der Waals surface area contributed by atoms with Gasteiger partial charge in [0.05, 0.1) is 11.0 Å². The van der Waals surface area contributed by atoms with Crippen molar-refractivity contribution in [2.75, 3.05) is 0 Å². The molecule has 13 rings (SSSR count). The van der Waals surface area contributed by atoms with Crippen molar-refractivity contribution in [2.24, 2.45) is 0 Å². The largest absolute Gasteiger partial charge is 0.455 e. The van der Waals surface area contributed by atoms with E-state index in [9.17, 15) is 0 Å². The molecule has 2 nitrogen and oxygen atoms in total. The van der Waals surface area contributed by atoms with Gasteiger partial charge < -0.3 is 8.98 Å². The van der Waals surface area contributed by atoms with Crippen LogP contribution in [0.15, 0.2) is 192 Å². The maximum atomic E-state index is 6.81. The van der Waals surface area contributed by atoms with Crippen molar-refractivity contribution in [3.05, 3.63) is 188 Å². The fourth-order valence-corrected chi connectivity index (χ4v) is 10.00. The first-order valence-electron chi connectivity index (χ1n) is 19.3. The summed E-state index contributed by atoms with van der Waals surface area (Å²) < 4.78 is 9.19. The van der Waals surface area contributed by atoms with Crippen LogP contribution in [0.5, 0.6) is 0 Å². The number of hydrogen-bond donors (Lipinski definition) is 0. The van der Waals surface area contributed by atoms with Crippen LogP contribution in [0, 0.1) is 0 Å². The van der Waals surface area contributed by atoms with Crippen LogP contribution in [-0.2, 0) is 0 Å². The van der Waals surface area contributed by atoms with Crippen LogP contribution in [0.25, 0.3) is 126 Å². The molecule has 11 aromatic carbocycles. The average Bonchev–Trinajstić information content (AvgIpc) is 3.81. The van der Waals surface area contributed by atoms with E-state index in [1.54, 1.807) is 0 Å². The van der Waals surface area contributed by atoms with Gasteiger partial charge in [0.15, 0.2) is 0 Å². The highest BCUT2D eigenvalue weighted by Gasteiger charge is 2.22. The lowest BCUT2D eigenvalue weighted by molar-refractivity contribution is 0.673. The Kier molecular flexibility index (Phi) is 5.92. The zero-order valence-electron chi connectivity index (χ0n) is 30.3. The topological polar surface area (TPSA) is 18.1 Å². The lowest BCUT2D eigenvalue weighted by Crippen LogP contribution is -1.93. The molecule has 258 valence electrons. The second kappa shape index (κ2) is 11.1. The second-order valence-electron chi connectivity index (χ2n) is 15.2. The van der Waals surface area contributed by atoms with E-state index < -0.39 is 0 Å².